The summed E-state index contributed by atoms with van der Waals surface area (Å²) in [7, 11) is 3.24. The number of methoxy groups -OCH3 is 1. The van der Waals surface area contributed by atoms with Crippen molar-refractivity contribution in [1.82, 2.24) is 29.5 Å². The molecule has 2 aromatic carbocycles. The van der Waals surface area contributed by atoms with Crippen LogP contribution in [0.1, 0.15) is 18.9 Å². The van der Waals surface area contributed by atoms with Crippen LogP contribution in [0.2, 0.25) is 0 Å². The molecule has 37 heavy (non-hydrogen) atoms. The van der Waals surface area contributed by atoms with Gasteiger partial charge in [-0.2, -0.15) is 15.2 Å². The molecule has 5 aromatic rings. The summed E-state index contributed by atoms with van der Waals surface area (Å²) in [6.07, 6.45) is 4.87. The lowest BCUT2D eigenvalue weighted by molar-refractivity contribution is 0.0674. The molecule has 0 spiro atoms. The average Bonchev–Trinajstić information content (AvgIpc) is 3.46. The highest BCUT2D eigenvalue weighted by atomic mass is 19.1. The first-order chi connectivity index (χ1) is 18.0. The van der Waals surface area contributed by atoms with Gasteiger partial charge in [-0.1, -0.05) is 0 Å². The molecule has 0 radical (unpaired) electrons. The molecule has 190 valence electrons. The molecule has 1 aliphatic heterocycles. The van der Waals surface area contributed by atoms with Crippen LogP contribution in [0.15, 0.2) is 42.7 Å². The van der Waals surface area contributed by atoms with Gasteiger partial charge in [0.15, 0.2) is 23.1 Å². The molecule has 4 heterocycles. The summed E-state index contributed by atoms with van der Waals surface area (Å²) in [4.78, 5) is 9.19. The van der Waals surface area contributed by atoms with Gasteiger partial charge >= 0.3 is 0 Å². The second-order valence-corrected chi connectivity index (χ2v) is 8.83. The van der Waals surface area contributed by atoms with Gasteiger partial charge in [0.05, 0.1) is 30.3 Å². The Kier molecular flexibility index (Phi) is 5.80. The number of hydrogen-bond acceptors (Lipinski definition) is 8. The molecule has 12 heteroatoms. The summed E-state index contributed by atoms with van der Waals surface area (Å²) in [6.45, 7) is 1.19. The standard InChI is InChI=1S/C25H24F2N8O2/c1-34-21-4-3-15(9-14(21)12-29-34)30-25-28-13-18-23(31-22-19(26)10-17(36-2)11-20(22)27)33-35(24(18)32-25)16-5-7-37-8-6-16/h3-4,9-13,16H,5-8H2,1-2H3,(H,31,33)(H,28,30,32). The maximum absolute atomic E-state index is 14.7. The van der Waals surface area contributed by atoms with Gasteiger partial charge in [-0.25, -0.2) is 18.4 Å². The predicted octanol–water partition coefficient (Wildman–Crippen LogP) is 4.84. The van der Waals surface area contributed by atoms with Crippen molar-refractivity contribution < 1.29 is 18.3 Å². The smallest absolute Gasteiger partial charge is 0.229 e. The number of hydrogen-bond donors (Lipinski definition) is 2. The summed E-state index contributed by atoms with van der Waals surface area (Å²) in [5.74, 6) is -0.877. The number of aryl methyl sites for hydroxylation is 1. The van der Waals surface area contributed by atoms with E-state index in [0.717, 1.165) is 41.6 Å². The Morgan fingerprint density at radius 2 is 1.84 bits per heavy atom. The van der Waals surface area contributed by atoms with Gasteiger partial charge in [-0.15, -0.1) is 0 Å². The Morgan fingerprint density at radius 3 is 2.59 bits per heavy atom. The van der Waals surface area contributed by atoms with Crippen LogP contribution in [0.4, 0.5) is 31.9 Å². The van der Waals surface area contributed by atoms with Gasteiger partial charge in [0, 0.05) is 49.7 Å². The first-order valence-corrected chi connectivity index (χ1v) is 11.8. The van der Waals surface area contributed by atoms with Crippen LogP contribution in [0, 0.1) is 11.6 Å². The molecule has 0 amide bonds. The number of benzene rings is 2. The Bertz CT molecular complexity index is 1590. The number of nitrogens with one attached hydrogen (secondary N) is 2. The fourth-order valence-electron chi connectivity index (χ4n) is 4.54. The molecule has 2 N–H and O–H groups in total. The van der Waals surface area contributed by atoms with Crippen molar-refractivity contribution in [2.75, 3.05) is 31.0 Å². The minimum absolute atomic E-state index is 0.0202. The Labute approximate surface area is 210 Å². The van der Waals surface area contributed by atoms with Crippen molar-refractivity contribution in [3.8, 4) is 5.75 Å². The van der Waals surface area contributed by atoms with Gasteiger partial charge < -0.3 is 20.1 Å². The van der Waals surface area contributed by atoms with Gasteiger partial charge in [0.25, 0.3) is 0 Å². The molecule has 1 aliphatic rings. The summed E-state index contributed by atoms with van der Waals surface area (Å²) < 4.78 is 43.4. The number of fused-ring (bicyclic) bond motifs is 2. The molecule has 0 aliphatic carbocycles. The Balaban J connectivity index is 1.39. The first-order valence-electron chi connectivity index (χ1n) is 11.8. The molecule has 6 rings (SSSR count). The molecular weight excluding hydrogens is 482 g/mol. The molecule has 0 atom stereocenters. The van der Waals surface area contributed by atoms with Crippen LogP contribution in [0.25, 0.3) is 21.9 Å². The summed E-state index contributed by atoms with van der Waals surface area (Å²) in [5.41, 5.74) is 2.03. The predicted molar refractivity (Wildman–Crippen MR) is 135 cm³/mol. The third kappa shape index (κ3) is 4.29. The molecule has 10 nitrogen and oxygen atoms in total. The number of rotatable bonds is 6. The monoisotopic (exact) mass is 506 g/mol. The zero-order chi connectivity index (χ0) is 25.5. The fourth-order valence-corrected chi connectivity index (χ4v) is 4.54. The summed E-state index contributed by atoms with van der Waals surface area (Å²) in [6, 6.07) is 8.10. The lowest BCUT2D eigenvalue weighted by Gasteiger charge is -2.22. The van der Waals surface area contributed by atoms with Crippen molar-refractivity contribution in [1.29, 1.82) is 0 Å². The van der Waals surface area contributed by atoms with E-state index in [2.05, 4.69) is 25.8 Å². The van der Waals surface area contributed by atoms with Crippen molar-refractivity contribution in [3.63, 3.8) is 0 Å². The first kappa shape index (κ1) is 23.1. The number of aromatic nitrogens is 6. The van der Waals surface area contributed by atoms with Crippen molar-refractivity contribution in [2.24, 2.45) is 7.05 Å². The van der Waals surface area contributed by atoms with Crippen LogP contribution in [0.5, 0.6) is 5.75 Å². The molecule has 0 unspecified atom stereocenters. The van der Waals surface area contributed by atoms with Crippen molar-refractivity contribution >= 4 is 45.1 Å². The fraction of sp³-hybridized carbons (Fsp3) is 0.280. The maximum atomic E-state index is 14.7. The van der Waals surface area contributed by atoms with E-state index in [4.69, 9.17) is 14.5 Å². The zero-order valence-corrected chi connectivity index (χ0v) is 20.2. The number of nitrogens with zero attached hydrogens (tertiary/aromatic N) is 6. The van der Waals surface area contributed by atoms with Crippen molar-refractivity contribution in [3.05, 3.63) is 54.4 Å². The number of anilines is 4. The highest BCUT2D eigenvalue weighted by molar-refractivity contribution is 5.90. The van der Waals surface area contributed by atoms with E-state index in [1.807, 2.05) is 25.2 Å². The third-order valence-corrected chi connectivity index (χ3v) is 6.48. The highest BCUT2D eigenvalue weighted by Gasteiger charge is 2.24. The normalized spacial score (nSPS) is 14.4. The van der Waals surface area contributed by atoms with E-state index < -0.39 is 11.6 Å². The Morgan fingerprint density at radius 1 is 1.05 bits per heavy atom. The van der Waals surface area contributed by atoms with Crippen LogP contribution in [-0.4, -0.2) is 49.9 Å². The summed E-state index contributed by atoms with van der Waals surface area (Å²) >= 11 is 0. The lowest BCUT2D eigenvalue weighted by Crippen LogP contribution is -2.21. The molecule has 0 saturated carbocycles. The van der Waals surface area contributed by atoms with Gasteiger partial charge in [-0.3, -0.25) is 4.68 Å². The van der Waals surface area contributed by atoms with E-state index in [0.29, 0.717) is 30.2 Å². The highest BCUT2D eigenvalue weighted by Crippen LogP contribution is 2.33. The third-order valence-electron chi connectivity index (χ3n) is 6.48. The maximum Gasteiger partial charge on any atom is 0.229 e. The summed E-state index contributed by atoms with van der Waals surface area (Å²) in [5, 5.41) is 16.5. The Hall–Kier alpha value is -4.32. The van der Waals surface area contributed by atoms with E-state index in [9.17, 15) is 8.78 Å². The molecule has 0 bridgehead atoms. The minimum atomic E-state index is -0.796. The SMILES string of the molecule is COc1cc(F)c(Nc2nn(C3CCOCC3)c3nc(Nc4ccc5c(cnn5C)c4)ncc23)c(F)c1. The van der Waals surface area contributed by atoms with E-state index in [-0.39, 0.29) is 23.3 Å². The molecule has 1 saturated heterocycles. The number of ether oxygens (including phenoxy) is 2. The minimum Gasteiger partial charge on any atom is -0.497 e. The van der Waals surface area contributed by atoms with E-state index in [1.165, 1.54) is 7.11 Å². The van der Waals surface area contributed by atoms with Gasteiger partial charge in [0.2, 0.25) is 5.95 Å². The number of halogens is 2. The van der Waals surface area contributed by atoms with E-state index >= 15 is 0 Å². The average molecular weight is 507 g/mol. The van der Waals surface area contributed by atoms with Crippen molar-refractivity contribution in [2.45, 2.75) is 18.9 Å². The van der Waals surface area contributed by atoms with Crippen LogP contribution in [-0.2, 0) is 11.8 Å². The second-order valence-electron chi connectivity index (χ2n) is 8.83. The largest absolute Gasteiger partial charge is 0.497 e. The molecule has 3 aromatic heterocycles. The zero-order valence-electron chi connectivity index (χ0n) is 20.2. The van der Waals surface area contributed by atoms with Crippen LogP contribution < -0.4 is 15.4 Å². The van der Waals surface area contributed by atoms with Crippen LogP contribution >= 0.6 is 0 Å². The quantitative estimate of drug-likeness (QED) is 0.337. The van der Waals surface area contributed by atoms with Gasteiger partial charge in [-0.05, 0) is 31.0 Å². The van der Waals surface area contributed by atoms with Crippen LogP contribution in [0.3, 0.4) is 0 Å². The van der Waals surface area contributed by atoms with Gasteiger partial charge in [0.1, 0.15) is 11.4 Å². The molecular formula is C25H24F2N8O2. The van der Waals surface area contributed by atoms with E-state index in [1.54, 1.807) is 21.8 Å². The molecule has 1 fully saturated rings. The topological polar surface area (TPSA) is 104 Å². The lowest BCUT2D eigenvalue weighted by atomic mass is 10.1. The second kappa shape index (κ2) is 9.28.